The third-order valence-electron chi connectivity index (χ3n) is 3.04. The van der Waals surface area contributed by atoms with Crippen molar-refractivity contribution in [2.75, 3.05) is 12.4 Å². The number of rotatable bonds is 6. The van der Waals surface area contributed by atoms with Crippen molar-refractivity contribution in [2.45, 2.75) is 26.3 Å². The van der Waals surface area contributed by atoms with Gasteiger partial charge in [-0.25, -0.2) is 4.79 Å². The van der Waals surface area contributed by atoms with Crippen molar-refractivity contribution in [3.8, 4) is 6.07 Å². The molecule has 0 aliphatic heterocycles. The first-order valence-electron chi connectivity index (χ1n) is 6.87. The Hall–Kier alpha value is -2.81. The maximum absolute atomic E-state index is 11.8. The topological polar surface area (TPSA) is 91.2 Å². The van der Waals surface area contributed by atoms with Crippen LogP contribution in [-0.4, -0.2) is 25.0 Å². The first-order valence-corrected chi connectivity index (χ1v) is 6.87. The number of carbonyl (C=O) groups is 2. The maximum atomic E-state index is 11.8. The fraction of sp³-hybridized carbons (Fsp3) is 0.312. The molecular formula is C16H19N3O3. The van der Waals surface area contributed by atoms with Gasteiger partial charge in [0.25, 0.3) is 5.91 Å². The molecule has 0 saturated carbocycles. The second-order valence-corrected chi connectivity index (χ2v) is 4.67. The van der Waals surface area contributed by atoms with Crippen LogP contribution in [0.4, 0.5) is 5.69 Å². The highest BCUT2D eigenvalue weighted by Gasteiger charge is 2.11. The molecule has 1 rings (SSSR count). The number of hydrogen-bond acceptors (Lipinski definition) is 5. The Morgan fingerprint density at radius 1 is 1.36 bits per heavy atom. The van der Waals surface area contributed by atoms with E-state index in [0.717, 1.165) is 6.42 Å². The number of nitriles is 1. The van der Waals surface area contributed by atoms with Crippen LogP contribution in [0.5, 0.6) is 0 Å². The first-order chi connectivity index (χ1) is 10.5. The second kappa shape index (κ2) is 8.47. The highest BCUT2D eigenvalue weighted by Crippen LogP contribution is 2.11. The molecule has 2 N–H and O–H groups in total. The van der Waals surface area contributed by atoms with Crippen molar-refractivity contribution in [1.29, 1.82) is 5.26 Å². The van der Waals surface area contributed by atoms with Crippen LogP contribution in [0.1, 0.15) is 30.6 Å². The van der Waals surface area contributed by atoms with Crippen molar-refractivity contribution in [2.24, 2.45) is 0 Å². The van der Waals surface area contributed by atoms with Crippen molar-refractivity contribution >= 4 is 17.6 Å². The number of amides is 1. The van der Waals surface area contributed by atoms with E-state index in [1.165, 1.54) is 13.3 Å². The molecule has 6 nitrogen and oxygen atoms in total. The fourth-order valence-corrected chi connectivity index (χ4v) is 1.53. The van der Waals surface area contributed by atoms with Gasteiger partial charge in [0.15, 0.2) is 0 Å². The maximum Gasteiger partial charge on any atom is 0.337 e. The molecular weight excluding hydrogens is 282 g/mol. The molecule has 116 valence electrons. The van der Waals surface area contributed by atoms with E-state index in [1.807, 2.05) is 19.9 Å². The molecule has 0 fully saturated rings. The molecule has 0 saturated heterocycles. The van der Waals surface area contributed by atoms with Gasteiger partial charge < -0.3 is 15.4 Å². The van der Waals surface area contributed by atoms with Gasteiger partial charge in [0.2, 0.25) is 0 Å². The second-order valence-electron chi connectivity index (χ2n) is 4.67. The van der Waals surface area contributed by atoms with Gasteiger partial charge in [0, 0.05) is 17.9 Å². The van der Waals surface area contributed by atoms with E-state index in [2.05, 4.69) is 15.4 Å². The summed E-state index contributed by atoms with van der Waals surface area (Å²) < 4.78 is 4.60. The summed E-state index contributed by atoms with van der Waals surface area (Å²) in [5, 5.41) is 14.6. The van der Waals surface area contributed by atoms with E-state index in [4.69, 9.17) is 5.26 Å². The standard InChI is InChI=1S/C16H19N3O3/c1-4-11(2)19-15(20)13(9-17)10-18-14-7-5-12(6-8-14)16(21)22-3/h5-8,10-11,18H,4H2,1-3H3,(H,19,20)/b13-10-. The number of hydrogen-bond donors (Lipinski definition) is 2. The van der Waals surface area contributed by atoms with Crippen LogP contribution in [0.2, 0.25) is 0 Å². The molecule has 0 heterocycles. The highest BCUT2D eigenvalue weighted by molar-refractivity contribution is 5.97. The van der Waals surface area contributed by atoms with Gasteiger partial charge in [-0.05, 0) is 37.6 Å². The monoisotopic (exact) mass is 301 g/mol. The lowest BCUT2D eigenvalue weighted by Gasteiger charge is -2.10. The zero-order chi connectivity index (χ0) is 16.5. The Morgan fingerprint density at radius 3 is 2.50 bits per heavy atom. The summed E-state index contributed by atoms with van der Waals surface area (Å²) in [5.41, 5.74) is 1.06. The average Bonchev–Trinajstić information content (AvgIpc) is 2.55. The predicted molar refractivity (Wildman–Crippen MR) is 83.0 cm³/mol. The van der Waals surface area contributed by atoms with E-state index < -0.39 is 11.9 Å². The Bertz CT molecular complexity index is 600. The van der Waals surface area contributed by atoms with Gasteiger partial charge in [-0.1, -0.05) is 6.92 Å². The molecule has 1 aromatic carbocycles. The summed E-state index contributed by atoms with van der Waals surface area (Å²) >= 11 is 0. The quantitative estimate of drug-likeness (QED) is 0.477. The molecule has 1 amide bonds. The summed E-state index contributed by atoms with van der Waals surface area (Å²) in [6.45, 7) is 3.81. The number of ether oxygens (including phenoxy) is 1. The van der Waals surface area contributed by atoms with E-state index in [-0.39, 0.29) is 11.6 Å². The van der Waals surface area contributed by atoms with E-state index in [1.54, 1.807) is 24.3 Å². The number of esters is 1. The van der Waals surface area contributed by atoms with Gasteiger partial charge in [0.1, 0.15) is 11.6 Å². The molecule has 0 bridgehead atoms. The van der Waals surface area contributed by atoms with Crippen LogP contribution < -0.4 is 10.6 Å². The molecule has 6 heteroatoms. The normalized spacial score (nSPS) is 12.0. The summed E-state index contributed by atoms with van der Waals surface area (Å²) in [6, 6.07) is 8.35. The van der Waals surface area contributed by atoms with Gasteiger partial charge in [0.05, 0.1) is 12.7 Å². The van der Waals surface area contributed by atoms with Crippen LogP contribution >= 0.6 is 0 Å². The SMILES string of the molecule is CCC(C)NC(=O)/C(C#N)=C\Nc1ccc(C(=O)OC)cc1. The van der Waals surface area contributed by atoms with Crippen molar-refractivity contribution in [1.82, 2.24) is 5.32 Å². The molecule has 1 aromatic rings. The van der Waals surface area contributed by atoms with Crippen LogP contribution in [0.25, 0.3) is 0 Å². The summed E-state index contributed by atoms with van der Waals surface area (Å²) in [4.78, 5) is 23.2. The minimum absolute atomic E-state index is 0.00332. The van der Waals surface area contributed by atoms with Crippen LogP contribution in [0.15, 0.2) is 36.0 Å². The van der Waals surface area contributed by atoms with Gasteiger partial charge in [-0.2, -0.15) is 5.26 Å². The third kappa shape index (κ3) is 4.94. The largest absolute Gasteiger partial charge is 0.465 e. The van der Waals surface area contributed by atoms with Gasteiger partial charge >= 0.3 is 5.97 Å². The fourth-order valence-electron chi connectivity index (χ4n) is 1.53. The molecule has 1 atom stereocenters. The number of benzene rings is 1. The molecule has 1 unspecified atom stereocenters. The number of nitrogens with one attached hydrogen (secondary N) is 2. The zero-order valence-corrected chi connectivity index (χ0v) is 12.8. The highest BCUT2D eigenvalue weighted by atomic mass is 16.5. The number of methoxy groups -OCH3 is 1. The van der Waals surface area contributed by atoms with Crippen molar-refractivity contribution < 1.29 is 14.3 Å². The summed E-state index contributed by atoms with van der Waals surface area (Å²) in [6.07, 6.45) is 2.12. The first kappa shape index (κ1) is 17.2. The Morgan fingerprint density at radius 2 is 2.00 bits per heavy atom. The average molecular weight is 301 g/mol. The van der Waals surface area contributed by atoms with Crippen molar-refractivity contribution in [3.63, 3.8) is 0 Å². The van der Waals surface area contributed by atoms with Crippen LogP contribution in [0.3, 0.4) is 0 Å². The lowest BCUT2D eigenvalue weighted by molar-refractivity contribution is -0.117. The smallest absolute Gasteiger partial charge is 0.337 e. The molecule has 0 spiro atoms. The molecule has 0 aliphatic carbocycles. The lowest BCUT2D eigenvalue weighted by atomic mass is 10.2. The lowest BCUT2D eigenvalue weighted by Crippen LogP contribution is -2.33. The molecule has 0 aromatic heterocycles. The predicted octanol–water partition coefficient (Wildman–Crippen LogP) is 2.21. The minimum Gasteiger partial charge on any atom is -0.465 e. The summed E-state index contributed by atoms with van der Waals surface area (Å²) in [7, 11) is 1.31. The summed E-state index contributed by atoms with van der Waals surface area (Å²) in [5.74, 6) is -0.844. The van der Waals surface area contributed by atoms with Gasteiger partial charge in [-0.3, -0.25) is 4.79 Å². The Kier molecular flexibility index (Phi) is 6.64. The molecule has 0 aliphatic rings. The van der Waals surface area contributed by atoms with E-state index >= 15 is 0 Å². The van der Waals surface area contributed by atoms with Gasteiger partial charge in [-0.15, -0.1) is 0 Å². The number of carbonyl (C=O) groups excluding carboxylic acids is 2. The third-order valence-corrected chi connectivity index (χ3v) is 3.04. The van der Waals surface area contributed by atoms with E-state index in [0.29, 0.717) is 11.3 Å². The van der Waals surface area contributed by atoms with E-state index in [9.17, 15) is 9.59 Å². The zero-order valence-electron chi connectivity index (χ0n) is 12.8. The molecule has 22 heavy (non-hydrogen) atoms. The van der Waals surface area contributed by atoms with Crippen molar-refractivity contribution in [3.05, 3.63) is 41.6 Å². The van der Waals surface area contributed by atoms with Crippen LogP contribution in [0, 0.1) is 11.3 Å². The Labute approximate surface area is 129 Å². The minimum atomic E-state index is -0.423. The molecule has 0 radical (unpaired) electrons. The number of nitrogens with zero attached hydrogens (tertiary/aromatic N) is 1. The Balaban J connectivity index is 2.74. The number of anilines is 1. The van der Waals surface area contributed by atoms with Crippen LogP contribution in [-0.2, 0) is 9.53 Å².